The number of aromatic nitrogens is 2. The van der Waals surface area contributed by atoms with E-state index in [0.29, 0.717) is 12.8 Å². The smallest absolute Gasteiger partial charge is 0.419 e. The molecule has 2 aromatic rings. The van der Waals surface area contributed by atoms with Crippen LogP contribution in [0.25, 0.3) is 0 Å². The number of piperidine rings is 1. The van der Waals surface area contributed by atoms with E-state index in [1.807, 2.05) is 24.3 Å². The summed E-state index contributed by atoms with van der Waals surface area (Å²) in [6, 6.07) is 6.89. The molecule has 1 aromatic carbocycles. The number of urea groups is 1. The Hall–Kier alpha value is -3.78. The molecule has 2 aliphatic rings. The third-order valence-electron chi connectivity index (χ3n) is 5.85. The average molecular weight is 504 g/mol. The number of carboxylic acid groups (broad SMARTS) is 1. The van der Waals surface area contributed by atoms with E-state index in [1.165, 1.54) is 33.1 Å². The summed E-state index contributed by atoms with van der Waals surface area (Å²) in [7, 11) is -4.19. The molecule has 0 saturated carbocycles. The van der Waals surface area contributed by atoms with Gasteiger partial charge in [0.1, 0.15) is 0 Å². The van der Waals surface area contributed by atoms with Crippen molar-refractivity contribution in [3.8, 4) is 0 Å². The van der Waals surface area contributed by atoms with Gasteiger partial charge in [-0.3, -0.25) is 10.1 Å². The van der Waals surface area contributed by atoms with Crippen LogP contribution in [0.4, 0.5) is 15.4 Å². The number of nitrogens with zero attached hydrogens (tertiary/aromatic N) is 3. The minimum atomic E-state index is -4.19. The number of hydrogen-bond donors (Lipinski definition) is 5. The van der Waals surface area contributed by atoms with E-state index >= 15 is 0 Å². The Kier molecular flexibility index (Phi) is 7.12. The molecule has 1 fully saturated rings. The lowest BCUT2D eigenvalue weighted by atomic mass is 10.1. The molecule has 0 radical (unpaired) electrons. The summed E-state index contributed by atoms with van der Waals surface area (Å²) < 4.78 is 27.1. The molecule has 13 nitrogen and oxygen atoms in total. The van der Waals surface area contributed by atoms with E-state index in [2.05, 4.69) is 25.3 Å². The maximum atomic E-state index is 12.9. The molecule has 1 aliphatic carbocycles. The first-order chi connectivity index (χ1) is 16.7. The molecule has 0 bridgehead atoms. The Morgan fingerprint density at radius 3 is 2.23 bits per heavy atom. The van der Waals surface area contributed by atoms with E-state index in [1.54, 1.807) is 0 Å². The summed E-state index contributed by atoms with van der Waals surface area (Å²) in [4.78, 5) is 45.9. The summed E-state index contributed by atoms with van der Waals surface area (Å²) in [5, 5.41) is 14.2. The molecule has 1 saturated heterocycles. The van der Waals surface area contributed by atoms with Crippen molar-refractivity contribution < 1.29 is 27.9 Å². The average Bonchev–Trinajstić information content (AvgIpc) is 3.21. The number of amides is 4. The maximum Gasteiger partial charge on any atom is 0.419 e. The molecule has 0 atom stereocenters. The molecule has 35 heavy (non-hydrogen) atoms. The summed E-state index contributed by atoms with van der Waals surface area (Å²) in [5.41, 5.74) is 2.38. The van der Waals surface area contributed by atoms with Crippen molar-refractivity contribution in [3.63, 3.8) is 0 Å². The van der Waals surface area contributed by atoms with Crippen molar-refractivity contribution in [2.75, 3.05) is 18.4 Å². The SMILES string of the molecule is O=C(O)NS(=O)(=O)NC1CCN(C(=O)Nc2nccnc2C(=O)NC2Cc3ccccc3C2)CC1. The van der Waals surface area contributed by atoms with Crippen LogP contribution in [0.15, 0.2) is 36.7 Å². The van der Waals surface area contributed by atoms with Gasteiger partial charge >= 0.3 is 22.3 Å². The molecule has 4 rings (SSSR count). The van der Waals surface area contributed by atoms with Gasteiger partial charge in [0.2, 0.25) is 0 Å². The van der Waals surface area contributed by atoms with E-state index in [9.17, 15) is 22.8 Å². The third-order valence-corrected chi connectivity index (χ3v) is 6.94. The first-order valence-electron chi connectivity index (χ1n) is 11.0. The van der Waals surface area contributed by atoms with E-state index in [0.717, 1.165) is 0 Å². The Morgan fingerprint density at radius 1 is 0.971 bits per heavy atom. The highest BCUT2D eigenvalue weighted by molar-refractivity contribution is 7.88. The van der Waals surface area contributed by atoms with Crippen LogP contribution in [-0.4, -0.2) is 71.6 Å². The van der Waals surface area contributed by atoms with Crippen LogP contribution in [0.3, 0.4) is 0 Å². The number of likely N-dealkylation sites (tertiary alicyclic amines) is 1. The first kappa shape index (κ1) is 24.3. The molecule has 1 aromatic heterocycles. The standard InChI is InChI=1S/C21H25N7O6S/c29-19(24-16-11-13-3-1-2-4-14(13)12-16)17-18(23-8-7-22-17)25-20(30)28-9-5-15(6-10-28)26-35(33,34)27-21(31)32/h1-4,7-8,15-16,26-27H,5-6,9-12H2,(H,24,29)(H,31,32)(H,23,25,30). The number of carbonyl (C=O) groups excluding carboxylic acids is 2. The second kappa shape index (κ2) is 10.2. The predicted molar refractivity (Wildman–Crippen MR) is 124 cm³/mol. The van der Waals surface area contributed by atoms with Crippen LogP contribution in [0.5, 0.6) is 0 Å². The molecule has 5 N–H and O–H groups in total. The van der Waals surface area contributed by atoms with Gasteiger partial charge in [0.05, 0.1) is 0 Å². The number of carbonyl (C=O) groups is 3. The van der Waals surface area contributed by atoms with Gasteiger partial charge in [0.15, 0.2) is 11.5 Å². The molecule has 4 amide bonds. The lowest BCUT2D eigenvalue weighted by Gasteiger charge is -2.32. The zero-order valence-corrected chi connectivity index (χ0v) is 19.4. The van der Waals surface area contributed by atoms with Gasteiger partial charge in [0, 0.05) is 37.6 Å². The molecule has 1 aliphatic heterocycles. The molecule has 0 unspecified atom stereocenters. The van der Waals surface area contributed by atoms with Gasteiger partial charge in [-0.05, 0) is 36.8 Å². The van der Waals surface area contributed by atoms with E-state index in [4.69, 9.17) is 5.11 Å². The number of hydrogen-bond acceptors (Lipinski definition) is 7. The van der Waals surface area contributed by atoms with Gasteiger partial charge < -0.3 is 15.3 Å². The topological polar surface area (TPSA) is 183 Å². The van der Waals surface area contributed by atoms with Gasteiger partial charge in [-0.2, -0.15) is 13.1 Å². The van der Waals surface area contributed by atoms with Crippen molar-refractivity contribution in [2.24, 2.45) is 0 Å². The van der Waals surface area contributed by atoms with Crippen molar-refractivity contribution in [2.45, 2.75) is 37.8 Å². The van der Waals surface area contributed by atoms with Crippen molar-refractivity contribution in [3.05, 3.63) is 53.5 Å². The second-order valence-electron chi connectivity index (χ2n) is 8.32. The fourth-order valence-corrected chi connectivity index (χ4v) is 5.22. The molecule has 0 spiro atoms. The van der Waals surface area contributed by atoms with Crippen LogP contribution < -0.4 is 20.1 Å². The largest absolute Gasteiger partial charge is 0.464 e. The predicted octanol–water partition coefficient (Wildman–Crippen LogP) is 0.472. The van der Waals surface area contributed by atoms with Crippen molar-refractivity contribution >= 4 is 34.1 Å². The van der Waals surface area contributed by atoms with Gasteiger partial charge in [-0.1, -0.05) is 24.3 Å². The summed E-state index contributed by atoms with van der Waals surface area (Å²) in [6.45, 7) is 0.433. The molecular formula is C21H25N7O6S. The van der Waals surface area contributed by atoms with Crippen molar-refractivity contribution in [1.29, 1.82) is 0 Å². The fourth-order valence-electron chi connectivity index (χ4n) is 4.25. The first-order valence-corrected chi connectivity index (χ1v) is 12.5. The minimum absolute atomic E-state index is 0.000743. The van der Waals surface area contributed by atoms with Crippen LogP contribution >= 0.6 is 0 Å². The van der Waals surface area contributed by atoms with E-state index in [-0.39, 0.29) is 43.5 Å². The Labute approximate surface area is 201 Å². The van der Waals surface area contributed by atoms with E-state index < -0.39 is 34.3 Å². The third kappa shape index (κ3) is 6.22. The summed E-state index contributed by atoms with van der Waals surface area (Å²) in [6.07, 6.45) is 3.05. The molecule has 14 heteroatoms. The second-order valence-corrected chi connectivity index (χ2v) is 9.77. The van der Waals surface area contributed by atoms with Crippen LogP contribution in [0.2, 0.25) is 0 Å². The van der Waals surface area contributed by atoms with Gasteiger partial charge in [0.25, 0.3) is 5.91 Å². The lowest BCUT2D eigenvalue weighted by molar-refractivity contribution is 0.0934. The highest BCUT2D eigenvalue weighted by atomic mass is 32.2. The Balaban J connectivity index is 1.32. The number of nitrogens with one attached hydrogen (secondary N) is 4. The highest BCUT2D eigenvalue weighted by Crippen LogP contribution is 2.22. The zero-order valence-electron chi connectivity index (χ0n) is 18.6. The lowest BCUT2D eigenvalue weighted by Crippen LogP contribution is -2.50. The Bertz CT molecular complexity index is 1210. The van der Waals surface area contributed by atoms with Gasteiger partial charge in [-0.25, -0.2) is 24.3 Å². The Morgan fingerprint density at radius 2 is 1.60 bits per heavy atom. The van der Waals surface area contributed by atoms with Gasteiger partial charge in [-0.15, -0.1) is 0 Å². The molecule has 2 heterocycles. The number of anilines is 1. The molecular weight excluding hydrogens is 478 g/mol. The summed E-state index contributed by atoms with van der Waals surface area (Å²) >= 11 is 0. The number of fused-ring (bicyclic) bond motifs is 1. The summed E-state index contributed by atoms with van der Waals surface area (Å²) in [5.74, 6) is -0.413. The van der Waals surface area contributed by atoms with Crippen LogP contribution in [-0.2, 0) is 23.1 Å². The monoisotopic (exact) mass is 503 g/mol. The quantitative estimate of drug-likeness (QED) is 0.377. The minimum Gasteiger partial charge on any atom is -0.464 e. The zero-order chi connectivity index (χ0) is 25.0. The highest BCUT2D eigenvalue weighted by Gasteiger charge is 2.29. The van der Waals surface area contributed by atoms with Crippen molar-refractivity contribution in [1.82, 2.24) is 29.6 Å². The fraction of sp³-hybridized carbons (Fsp3) is 0.381. The maximum absolute atomic E-state index is 12.9. The van der Waals surface area contributed by atoms with Crippen LogP contribution in [0, 0.1) is 0 Å². The number of benzene rings is 1. The normalized spacial score (nSPS) is 16.4. The number of rotatable bonds is 6. The van der Waals surface area contributed by atoms with Crippen LogP contribution in [0.1, 0.15) is 34.5 Å². The molecule has 186 valence electrons.